The Hall–Kier alpha value is -1.96. The summed E-state index contributed by atoms with van der Waals surface area (Å²) in [7, 11) is 0. The van der Waals surface area contributed by atoms with E-state index in [1.807, 2.05) is 24.3 Å². The normalized spacial score (nSPS) is 26.4. The van der Waals surface area contributed by atoms with Crippen LogP contribution in [0.2, 0.25) is 0 Å². The quantitative estimate of drug-likeness (QED) is 0.642. The first-order chi connectivity index (χ1) is 10.7. The summed E-state index contributed by atoms with van der Waals surface area (Å²) in [6.45, 7) is 3.36. The molecule has 0 amide bonds. The predicted octanol–water partition coefficient (Wildman–Crippen LogP) is 0.139. The van der Waals surface area contributed by atoms with E-state index in [9.17, 15) is 4.79 Å². The molecule has 1 aromatic carbocycles. The average molecular weight is 301 g/mol. The number of hydrogen-bond acceptors (Lipinski definition) is 5. The highest BCUT2D eigenvalue weighted by Gasteiger charge is 2.38. The number of imidazole rings is 1. The van der Waals surface area contributed by atoms with Crippen LogP contribution in [0, 0.1) is 5.92 Å². The average Bonchev–Trinajstić information content (AvgIpc) is 3.08. The lowest BCUT2D eigenvalue weighted by atomic mass is 9.94. The van der Waals surface area contributed by atoms with Gasteiger partial charge >= 0.3 is 5.97 Å². The summed E-state index contributed by atoms with van der Waals surface area (Å²) in [5.41, 5.74) is 7.85. The molecular formula is C15H19N5O2. The Morgan fingerprint density at radius 1 is 1.36 bits per heavy atom. The molecule has 7 heteroatoms. The Morgan fingerprint density at radius 2 is 2.18 bits per heavy atom. The number of carboxylic acid groups (broad SMARTS) is 1. The van der Waals surface area contributed by atoms with E-state index in [1.165, 1.54) is 0 Å². The number of benzene rings is 1. The van der Waals surface area contributed by atoms with Crippen molar-refractivity contribution in [2.75, 3.05) is 26.2 Å². The number of H-pyrrole nitrogens is 1. The van der Waals surface area contributed by atoms with Crippen molar-refractivity contribution in [2.24, 2.45) is 5.92 Å². The molecule has 2 fully saturated rings. The number of nitrogens with one attached hydrogen (secondary N) is 3. The van der Waals surface area contributed by atoms with Crippen LogP contribution in [0.4, 0.5) is 0 Å². The molecule has 7 nitrogen and oxygen atoms in total. The van der Waals surface area contributed by atoms with Gasteiger partial charge in [-0.1, -0.05) is 12.1 Å². The SMILES string of the molecule is O=C(O)C1NNCC1CN1CC(c2nc3ccccc3[nH]2)C1. The van der Waals surface area contributed by atoms with Gasteiger partial charge in [-0.25, -0.2) is 10.4 Å². The molecule has 3 heterocycles. The first kappa shape index (κ1) is 13.7. The highest BCUT2D eigenvalue weighted by Crippen LogP contribution is 2.28. The van der Waals surface area contributed by atoms with E-state index in [-0.39, 0.29) is 5.92 Å². The molecule has 4 N–H and O–H groups in total. The Morgan fingerprint density at radius 3 is 2.95 bits per heavy atom. The summed E-state index contributed by atoms with van der Waals surface area (Å²) in [5, 5.41) is 9.16. The molecule has 2 unspecified atom stereocenters. The summed E-state index contributed by atoms with van der Waals surface area (Å²) < 4.78 is 0. The van der Waals surface area contributed by atoms with Gasteiger partial charge in [-0.15, -0.1) is 0 Å². The number of hydrazine groups is 1. The molecule has 0 radical (unpaired) electrons. The topological polar surface area (TPSA) is 93.3 Å². The largest absolute Gasteiger partial charge is 0.480 e. The van der Waals surface area contributed by atoms with E-state index in [0.717, 1.165) is 36.5 Å². The van der Waals surface area contributed by atoms with Crippen molar-refractivity contribution >= 4 is 17.0 Å². The van der Waals surface area contributed by atoms with Gasteiger partial charge in [0.25, 0.3) is 0 Å². The molecule has 2 aliphatic rings. The number of aromatic nitrogens is 2. The molecule has 116 valence electrons. The Labute approximate surface area is 127 Å². The van der Waals surface area contributed by atoms with Gasteiger partial charge in [0.05, 0.1) is 11.0 Å². The number of carboxylic acids is 1. The van der Waals surface area contributed by atoms with Crippen LogP contribution in [-0.4, -0.2) is 58.2 Å². The van der Waals surface area contributed by atoms with Crippen molar-refractivity contribution in [2.45, 2.75) is 12.0 Å². The van der Waals surface area contributed by atoms with Crippen molar-refractivity contribution in [1.29, 1.82) is 0 Å². The van der Waals surface area contributed by atoms with Gasteiger partial charge in [0.15, 0.2) is 0 Å². The standard InChI is InChI=1S/C15H19N5O2/c21-15(22)13-9(5-16-19-13)6-20-7-10(8-20)14-17-11-3-1-2-4-12(11)18-14/h1-4,9-10,13,16,19H,5-8H2,(H,17,18)(H,21,22). The molecule has 1 aromatic heterocycles. The lowest BCUT2D eigenvalue weighted by Crippen LogP contribution is -2.50. The third-order valence-corrected chi connectivity index (χ3v) is 4.60. The van der Waals surface area contributed by atoms with Gasteiger partial charge < -0.3 is 15.0 Å². The van der Waals surface area contributed by atoms with Crippen LogP contribution in [0.15, 0.2) is 24.3 Å². The number of carbonyl (C=O) groups is 1. The van der Waals surface area contributed by atoms with Crippen LogP contribution in [-0.2, 0) is 4.79 Å². The first-order valence-corrected chi connectivity index (χ1v) is 7.59. The molecule has 2 aliphatic heterocycles. The van der Waals surface area contributed by atoms with E-state index in [0.29, 0.717) is 12.5 Å². The summed E-state index contributed by atoms with van der Waals surface area (Å²) >= 11 is 0. The number of aromatic amines is 1. The first-order valence-electron chi connectivity index (χ1n) is 7.59. The van der Waals surface area contributed by atoms with Crippen LogP contribution in [0.3, 0.4) is 0 Å². The zero-order chi connectivity index (χ0) is 15.1. The Kier molecular flexibility index (Phi) is 3.33. The minimum Gasteiger partial charge on any atom is -0.480 e. The third kappa shape index (κ3) is 2.37. The van der Waals surface area contributed by atoms with Crippen molar-refractivity contribution < 1.29 is 9.90 Å². The minimum absolute atomic E-state index is 0.106. The van der Waals surface area contributed by atoms with Gasteiger partial charge in [0.1, 0.15) is 11.9 Å². The molecule has 0 bridgehead atoms. The maximum Gasteiger partial charge on any atom is 0.322 e. The molecule has 2 saturated heterocycles. The minimum atomic E-state index is -0.788. The number of likely N-dealkylation sites (tertiary alicyclic amines) is 1. The number of fused-ring (bicyclic) bond motifs is 1. The zero-order valence-corrected chi connectivity index (χ0v) is 12.1. The Bertz CT molecular complexity index is 661. The molecule has 4 rings (SSSR count). The summed E-state index contributed by atoms with van der Waals surface area (Å²) in [6.07, 6.45) is 0. The maximum atomic E-state index is 11.1. The number of rotatable bonds is 4. The zero-order valence-electron chi connectivity index (χ0n) is 12.1. The fourth-order valence-corrected chi connectivity index (χ4v) is 3.36. The van der Waals surface area contributed by atoms with Crippen LogP contribution >= 0.6 is 0 Å². The summed E-state index contributed by atoms with van der Waals surface area (Å²) in [5.74, 6) is 0.770. The lowest BCUT2D eigenvalue weighted by Gasteiger charge is -2.39. The molecular weight excluding hydrogens is 282 g/mol. The molecule has 0 spiro atoms. The lowest BCUT2D eigenvalue weighted by molar-refractivity contribution is -0.140. The van der Waals surface area contributed by atoms with Gasteiger partial charge in [0.2, 0.25) is 0 Å². The second-order valence-corrected chi connectivity index (χ2v) is 6.16. The third-order valence-electron chi connectivity index (χ3n) is 4.60. The molecule has 22 heavy (non-hydrogen) atoms. The number of aliphatic carboxylic acids is 1. The highest BCUT2D eigenvalue weighted by atomic mass is 16.4. The van der Waals surface area contributed by atoms with Crippen molar-refractivity contribution in [3.05, 3.63) is 30.1 Å². The second-order valence-electron chi connectivity index (χ2n) is 6.16. The van der Waals surface area contributed by atoms with E-state index < -0.39 is 12.0 Å². The van der Waals surface area contributed by atoms with E-state index >= 15 is 0 Å². The smallest absolute Gasteiger partial charge is 0.322 e. The molecule has 2 atom stereocenters. The van der Waals surface area contributed by atoms with Gasteiger partial charge in [-0.2, -0.15) is 0 Å². The van der Waals surface area contributed by atoms with E-state index in [4.69, 9.17) is 5.11 Å². The number of nitrogens with zero attached hydrogens (tertiary/aromatic N) is 2. The van der Waals surface area contributed by atoms with Crippen LogP contribution in [0.1, 0.15) is 11.7 Å². The van der Waals surface area contributed by atoms with Crippen LogP contribution in [0.5, 0.6) is 0 Å². The number of hydrogen-bond donors (Lipinski definition) is 4. The van der Waals surface area contributed by atoms with E-state index in [2.05, 4.69) is 25.7 Å². The van der Waals surface area contributed by atoms with Gasteiger partial charge in [0, 0.05) is 38.0 Å². The number of para-hydroxylation sites is 2. The fraction of sp³-hybridized carbons (Fsp3) is 0.467. The molecule has 0 saturated carbocycles. The van der Waals surface area contributed by atoms with Gasteiger partial charge in [-0.3, -0.25) is 10.2 Å². The summed E-state index contributed by atoms with van der Waals surface area (Å²) in [4.78, 5) is 21.5. The van der Waals surface area contributed by atoms with Crippen LogP contribution in [0.25, 0.3) is 11.0 Å². The second kappa shape index (κ2) is 5.35. The Balaban J connectivity index is 1.37. The molecule has 0 aliphatic carbocycles. The van der Waals surface area contributed by atoms with Gasteiger partial charge in [-0.05, 0) is 12.1 Å². The van der Waals surface area contributed by atoms with E-state index in [1.54, 1.807) is 0 Å². The predicted molar refractivity (Wildman–Crippen MR) is 81.3 cm³/mol. The van der Waals surface area contributed by atoms with Crippen molar-refractivity contribution in [3.8, 4) is 0 Å². The van der Waals surface area contributed by atoms with Crippen molar-refractivity contribution in [1.82, 2.24) is 25.7 Å². The monoisotopic (exact) mass is 301 g/mol. The van der Waals surface area contributed by atoms with Crippen molar-refractivity contribution in [3.63, 3.8) is 0 Å². The fourth-order valence-electron chi connectivity index (χ4n) is 3.36. The van der Waals surface area contributed by atoms with Crippen LogP contribution < -0.4 is 10.9 Å². The highest BCUT2D eigenvalue weighted by molar-refractivity contribution is 5.75. The maximum absolute atomic E-state index is 11.1. The molecule has 2 aromatic rings. The summed E-state index contributed by atoms with van der Waals surface area (Å²) in [6, 6.07) is 7.55.